The van der Waals surface area contributed by atoms with E-state index in [1.807, 2.05) is 6.92 Å². The van der Waals surface area contributed by atoms with Crippen molar-refractivity contribution in [1.82, 2.24) is 9.03 Å². The van der Waals surface area contributed by atoms with Crippen molar-refractivity contribution in [2.24, 2.45) is 0 Å². The lowest BCUT2D eigenvalue weighted by atomic mass is 10.3. The van der Waals surface area contributed by atoms with E-state index in [1.165, 1.54) is 28.6 Å². The normalized spacial score (nSPS) is 16.7. The van der Waals surface area contributed by atoms with E-state index in [1.54, 1.807) is 0 Å². The van der Waals surface area contributed by atoms with Crippen LogP contribution in [0.2, 0.25) is 0 Å². The van der Waals surface area contributed by atoms with E-state index in [9.17, 15) is 16.8 Å². The van der Waals surface area contributed by atoms with E-state index < -0.39 is 20.0 Å². The Hall–Kier alpha value is -0.960. The zero-order valence-corrected chi connectivity index (χ0v) is 15.0. The Morgan fingerprint density at radius 2 is 1.52 bits per heavy atom. The molecule has 1 aliphatic heterocycles. The van der Waals surface area contributed by atoms with Crippen molar-refractivity contribution in [2.45, 2.75) is 48.8 Å². The molecule has 1 aromatic rings. The number of nitrogens with one attached hydrogen (secondary N) is 1. The van der Waals surface area contributed by atoms with Crippen molar-refractivity contribution in [1.29, 1.82) is 0 Å². The highest BCUT2D eigenvalue weighted by molar-refractivity contribution is 7.89. The molecule has 0 spiro atoms. The molecule has 8 heteroatoms. The summed E-state index contributed by atoms with van der Waals surface area (Å²) in [5.41, 5.74) is 0. The molecule has 0 radical (unpaired) electrons. The molecule has 0 atom stereocenters. The van der Waals surface area contributed by atoms with Gasteiger partial charge in [-0.1, -0.05) is 19.8 Å². The van der Waals surface area contributed by atoms with Crippen LogP contribution in [0.5, 0.6) is 0 Å². The largest absolute Gasteiger partial charge is 0.243 e. The monoisotopic (exact) mass is 360 g/mol. The molecule has 0 amide bonds. The van der Waals surface area contributed by atoms with Crippen molar-refractivity contribution >= 4 is 20.0 Å². The molecule has 0 unspecified atom stereocenters. The lowest BCUT2D eigenvalue weighted by Gasteiger charge is -2.15. The Morgan fingerprint density at radius 3 is 2.09 bits per heavy atom. The van der Waals surface area contributed by atoms with Crippen LogP contribution in [-0.4, -0.2) is 40.8 Å². The van der Waals surface area contributed by atoms with Gasteiger partial charge < -0.3 is 0 Å². The summed E-state index contributed by atoms with van der Waals surface area (Å²) in [6.07, 6.45) is 4.51. The summed E-state index contributed by atoms with van der Waals surface area (Å²) in [5, 5.41) is 0. The summed E-state index contributed by atoms with van der Waals surface area (Å²) in [7, 11) is -7.09. The first-order valence-electron chi connectivity index (χ1n) is 7.98. The lowest BCUT2D eigenvalue weighted by molar-refractivity contribution is 0.477. The van der Waals surface area contributed by atoms with Gasteiger partial charge in [-0.2, -0.15) is 4.31 Å². The molecule has 1 saturated heterocycles. The molecule has 2 rings (SSSR count). The second kappa shape index (κ2) is 7.74. The topological polar surface area (TPSA) is 83.5 Å². The quantitative estimate of drug-likeness (QED) is 0.718. The number of benzene rings is 1. The molecule has 0 aromatic heterocycles. The second-order valence-electron chi connectivity index (χ2n) is 5.69. The van der Waals surface area contributed by atoms with Gasteiger partial charge in [-0.3, -0.25) is 0 Å². The third kappa shape index (κ3) is 4.53. The first-order valence-corrected chi connectivity index (χ1v) is 10.9. The number of hydrogen-bond donors (Lipinski definition) is 1. The van der Waals surface area contributed by atoms with Gasteiger partial charge in [0, 0.05) is 19.6 Å². The summed E-state index contributed by atoms with van der Waals surface area (Å²) < 4.78 is 53.1. The van der Waals surface area contributed by atoms with Gasteiger partial charge in [0.15, 0.2) is 0 Å². The average molecular weight is 361 g/mol. The van der Waals surface area contributed by atoms with Crippen molar-refractivity contribution in [2.75, 3.05) is 19.6 Å². The highest BCUT2D eigenvalue weighted by Crippen LogP contribution is 2.22. The van der Waals surface area contributed by atoms with Crippen LogP contribution < -0.4 is 4.72 Å². The Balaban J connectivity index is 2.09. The van der Waals surface area contributed by atoms with Gasteiger partial charge in [-0.25, -0.2) is 21.6 Å². The van der Waals surface area contributed by atoms with Gasteiger partial charge in [-0.15, -0.1) is 0 Å². The molecule has 0 saturated carbocycles. The van der Waals surface area contributed by atoms with E-state index in [0.29, 0.717) is 19.6 Å². The van der Waals surface area contributed by atoms with Crippen LogP contribution in [0.1, 0.15) is 39.0 Å². The summed E-state index contributed by atoms with van der Waals surface area (Å²) in [6.45, 7) is 3.50. The maximum absolute atomic E-state index is 12.4. The minimum absolute atomic E-state index is 0.0920. The van der Waals surface area contributed by atoms with E-state index in [2.05, 4.69) is 4.72 Å². The fraction of sp³-hybridized carbons (Fsp3) is 0.600. The Morgan fingerprint density at radius 1 is 0.957 bits per heavy atom. The standard InChI is InChI=1S/C15H24N2O4S2/c1-2-3-4-11-16-22(18,19)14-7-9-15(10-8-14)23(20,21)17-12-5-6-13-17/h7-10,16H,2-6,11-13H2,1H3. The molecular weight excluding hydrogens is 336 g/mol. The van der Waals surface area contributed by atoms with E-state index in [0.717, 1.165) is 32.1 Å². The molecule has 6 nitrogen and oxygen atoms in total. The van der Waals surface area contributed by atoms with Gasteiger partial charge in [0.2, 0.25) is 20.0 Å². The number of nitrogens with zero attached hydrogens (tertiary/aromatic N) is 1. The molecule has 1 heterocycles. The summed E-state index contributed by atoms with van der Waals surface area (Å²) in [6, 6.07) is 5.44. The summed E-state index contributed by atoms with van der Waals surface area (Å²) in [4.78, 5) is 0.235. The maximum atomic E-state index is 12.4. The first-order chi connectivity index (χ1) is 10.9. The lowest BCUT2D eigenvalue weighted by Crippen LogP contribution is -2.28. The van der Waals surface area contributed by atoms with Gasteiger partial charge in [0.25, 0.3) is 0 Å². The highest BCUT2D eigenvalue weighted by Gasteiger charge is 2.27. The van der Waals surface area contributed by atoms with Gasteiger partial charge >= 0.3 is 0 Å². The number of sulfonamides is 2. The molecule has 0 bridgehead atoms. The average Bonchev–Trinajstić information content (AvgIpc) is 3.07. The SMILES string of the molecule is CCCCCNS(=O)(=O)c1ccc(S(=O)(=O)N2CCCC2)cc1. The minimum atomic E-state index is -3.58. The third-order valence-corrected chi connectivity index (χ3v) is 7.30. The smallest absolute Gasteiger partial charge is 0.211 e. The van der Waals surface area contributed by atoms with Gasteiger partial charge in [0.1, 0.15) is 0 Å². The molecule has 1 aromatic carbocycles. The van der Waals surface area contributed by atoms with Gasteiger partial charge in [0.05, 0.1) is 9.79 Å². The second-order valence-corrected chi connectivity index (χ2v) is 9.39. The van der Waals surface area contributed by atoms with E-state index in [-0.39, 0.29) is 9.79 Å². The van der Waals surface area contributed by atoms with Crippen LogP contribution in [0.4, 0.5) is 0 Å². The molecule has 130 valence electrons. The van der Waals surface area contributed by atoms with Crippen molar-refractivity contribution in [3.8, 4) is 0 Å². The minimum Gasteiger partial charge on any atom is -0.211 e. The van der Waals surface area contributed by atoms with Crippen LogP contribution in [0.15, 0.2) is 34.1 Å². The third-order valence-electron chi connectivity index (χ3n) is 3.91. The Labute approximate surface area is 139 Å². The number of unbranched alkanes of at least 4 members (excludes halogenated alkanes) is 2. The van der Waals surface area contributed by atoms with Crippen LogP contribution >= 0.6 is 0 Å². The Bertz CT molecular complexity index is 706. The van der Waals surface area contributed by atoms with Crippen LogP contribution in [0, 0.1) is 0 Å². The molecule has 1 aliphatic rings. The number of hydrogen-bond acceptors (Lipinski definition) is 4. The zero-order valence-electron chi connectivity index (χ0n) is 13.4. The molecular formula is C15H24N2O4S2. The first kappa shape index (κ1) is 18.4. The summed E-state index contributed by atoms with van der Waals surface area (Å²) in [5.74, 6) is 0. The van der Waals surface area contributed by atoms with Crippen LogP contribution in [0.25, 0.3) is 0 Å². The van der Waals surface area contributed by atoms with Crippen LogP contribution in [0.3, 0.4) is 0 Å². The van der Waals surface area contributed by atoms with Crippen molar-refractivity contribution < 1.29 is 16.8 Å². The predicted molar refractivity (Wildman–Crippen MR) is 89.1 cm³/mol. The zero-order chi connectivity index (χ0) is 16.9. The predicted octanol–water partition coefficient (Wildman–Crippen LogP) is 1.94. The summed E-state index contributed by atoms with van der Waals surface area (Å²) >= 11 is 0. The Kier molecular flexibility index (Phi) is 6.19. The van der Waals surface area contributed by atoms with Crippen molar-refractivity contribution in [3.63, 3.8) is 0 Å². The molecule has 23 heavy (non-hydrogen) atoms. The fourth-order valence-corrected chi connectivity index (χ4v) is 5.12. The highest BCUT2D eigenvalue weighted by atomic mass is 32.2. The van der Waals surface area contributed by atoms with E-state index >= 15 is 0 Å². The van der Waals surface area contributed by atoms with Crippen LogP contribution in [-0.2, 0) is 20.0 Å². The maximum Gasteiger partial charge on any atom is 0.243 e. The molecule has 1 N–H and O–H groups in total. The van der Waals surface area contributed by atoms with Gasteiger partial charge in [-0.05, 0) is 43.5 Å². The molecule has 0 aliphatic carbocycles. The van der Waals surface area contributed by atoms with E-state index in [4.69, 9.17) is 0 Å². The number of rotatable bonds is 8. The molecule has 1 fully saturated rings. The fourth-order valence-electron chi connectivity index (χ4n) is 2.53. The van der Waals surface area contributed by atoms with Crippen molar-refractivity contribution in [3.05, 3.63) is 24.3 Å².